The zero-order valence-corrected chi connectivity index (χ0v) is 18.0. The van der Waals surface area contributed by atoms with Gasteiger partial charge in [0.2, 0.25) is 0 Å². The summed E-state index contributed by atoms with van der Waals surface area (Å²) < 4.78 is 15.9. The van der Waals surface area contributed by atoms with Crippen LogP contribution < -0.4 is 20.1 Å². The standard InChI is InChI=1S/C20H24N2O4S2/c1-6-26-19(23)17-14(13-7-8-15(24-4)16(9-13)25-5)11-28-18(17)22-20(27)21-10-12(2)3/h7-9,11H,2,6,10H2,1,3-5H3,(H2,21,22,27). The van der Waals surface area contributed by atoms with Gasteiger partial charge in [0.15, 0.2) is 16.6 Å². The van der Waals surface area contributed by atoms with E-state index in [4.69, 9.17) is 26.4 Å². The largest absolute Gasteiger partial charge is 0.493 e. The molecule has 0 aliphatic heterocycles. The number of benzene rings is 1. The number of hydrogen-bond donors (Lipinski definition) is 2. The van der Waals surface area contributed by atoms with Gasteiger partial charge in [0.1, 0.15) is 10.6 Å². The smallest absolute Gasteiger partial charge is 0.341 e. The lowest BCUT2D eigenvalue weighted by Gasteiger charge is -2.13. The molecular weight excluding hydrogens is 396 g/mol. The molecule has 1 aromatic carbocycles. The Bertz CT molecular complexity index is 877. The summed E-state index contributed by atoms with van der Waals surface area (Å²) in [5.74, 6) is 0.774. The van der Waals surface area contributed by atoms with Crippen LogP contribution in [-0.2, 0) is 4.74 Å². The van der Waals surface area contributed by atoms with E-state index in [9.17, 15) is 4.79 Å². The van der Waals surface area contributed by atoms with Gasteiger partial charge in [0, 0.05) is 17.5 Å². The van der Waals surface area contributed by atoms with E-state index in [1.54, 1.807) is 27.2 Å². The van der Waals surface area contributed by atoms with E-state index in [0.29, 0.717) is 33.7 Å². The summed E-state index contributed by atoms with van der Waals surface area (Å²) in [5, 5.41) is 9.05. The maximum absolute atomic E-state index is 12.7. The summed E-state index contributed by atoms with van der Waals surface area (Å²) in [6.07, 6.45) is 0. The van der Waals surface area contributed by atoms with Crippen molar-refractivity contribution in [2.24, 2.45) is 0 Å². The molecule has 28 heavy (non-hydrogen) atoms. The molecular formula is C20H24N2O4S2. The van der Waals surface area contributed by atoms with E-state index in [1.807, 2.05) is 24.4 Å². The second-order valence-electron chi connectivity index (χ2n) is 5.91. The van der Waals surface area contributed by atoms with Gasteiger partial charge in [-0.05, 0) is 43.8 Å². The minimum absolute atomic E-state index is 0.276. The van der Waals surface area contributed by atoms with Crippen molar-refractivity contribution in [3.63, 3.8) is 0 Å². The number of carbonyl (C=O) groups is 1. The molecule has 0 amide bonds. The van der Waals surface area contributed by atoms with Gasteiger partial charge in [0.25, 0.3) is 0 Å². The maximum Gasteiger partial charge on any atom is 0.341 e. The van der Waals surface area contributed by atoms with Crippen LogP contribution in [0.3, 0.4) is 0 Å². The fourth-order valence-corrected chi connectivity index (χ4v) is 3.65. The summed E-state index contributed by atoms with van der Waals surface area (Å²) in [5.41, 5.74) is 2.92. The van der Waals surface area contributed by atoms with Crippen LogP contribution in [0.2, 0.25) is 0 Å². The Hall–Kier alpha value is -2.58. The van der Waals surface area contributed by atoms with Crippen molar-refractivity contribution >= 4 is 39.6 Å². The Balaban J connectivity index is 2.42. The highest BCUT2D eigenvalue weighted by molar-refractivity contribution is 7.80. The molecule has 2 rings (SSSR count). The Morgan fingerprint density at radius 1 is 1.25 bits per heavy atom. The fourth-order valence-electron chi connectivity index (χ4n) is 2.45. The number of rotatable bonds is 8. The molecule has 8 heteroatoms. The first kappa shape index (κ1) is 21.7. The molecule has 0 radical (unpaired) electrons. The van der Waals surface area contributed by atoms with E-state index < -0.39 is 5.97 Å². The Morgan fingerprint density at radius 2 is 1.96 bits per heavy atom. The van der Waals surface area contributed by atoms with Crippen molar-refractivity contribution in [1.29, 1.82) is 0 Å². The second kappa shape index (κ2) is 10.1. The van der Waals surface area contributed by atoms with Gasteiger partial charge in [-0.1, -0.05) is 18.2 Å². The second-order valence-corrected chi connectivity index (χ2v) is 7.20. The first-order valence-corrected chi connectivity index (χ1v) is 9.90. The molecule has 2 aromatic rings. The molecule has 0 spiro atoms. The zero-order valence-electron chi connectivity index (χ0n) is 16.4. The number of thiocarbonyl (C=S) groups is 1. The highest BCUT2D eigenvalue weighted by Gasteiger charge is 2.23. The summed E-state index contributed by atoms with van der Waals surface area (Å²) in [6, 6.07) is 5.49. The third-order valence-electron chi connectivity index (χ3n) is 3.74. The zero-order chi connectivity index (χ0) is 20.7. The first-order valence-electron chi connectivity index (χ1n) is 8.61. The monoisotopic (exact) mass is 420 g/mol. The number of hydrogen-bond acceptors (Lipinski definition) is 6. The van der Waals surface area contributed by atoms with Crippen LogP contribution >= 0.6 is 23.6 Å². The van der Waals surface area contributed by atoms with Crippen molar-refractivity contribution in [3.05, 3.63) is 41.3 Å². The topological polar surface area (TPSA) is 68.8 Å². The lowest BCUT2D eigenvalue weighted by atomic mass is 10.0. The molecule has 1 aromatic heterocycles. The summed E-state index contributed by atoms with van der Waals surface area (Å²) in [4.78, 5) is 12.7. The van der Waals surface area contributed by atoms with Crippen molar-refractivity contribution < 1.29 is 19.0 Å². The van der Waals surface area contributed by atoms with Gasteiger partial charge in [-0.2, -0.15) is 0 Å². The average Bonchev–Trinajstić information content (AvgIpc) is 3.09. The SMILES string of the molecule is C=C(C)CNC(=S)Nc1scc(-c2ccc(OC)c(OC)c2)c1C(=O)OCC. The average molecular weight is 421 g/mol. The minimum atomic E-state index is -0.418. The van der Waals surface area contributed by atoms with Gasteiger partial charge in [-0.3, -0.25) is 0 Å². The van der Waals surface area contributed by atoms with Crippen molar-refractivity contribution in [1.82, 2.24) is 5.32 Å². The Morgan fingerprint density at radius 3 is 2.57 bits per heavy atom. The van der Waals surface area contributed by atoms with E-state index in [-0.39, 0.29) is 6.61 Å². The molecule has 0 saturated carbocycles. The number of ether oxygens (including phenoxy) is 3. The molecule has 0 aliphatic carbocycles. The molecule has 0 fully saturated rings. The van der Waals surface area contributed by atoms with E-state index in [1.165, 1.54) is 11.3 Å². The molecule has 1 heterocycles. The van der Waals surface area contributed by atoms with Crippen LogP contribution in [0.25, 0.3) is 11.1 Å². The Kier molecular flexibility index (Phi) is 7.83. The lowest BCUT2D eigenvalue weighted by Crippen LogP contribution is -2.29. The number of anilines is 1. The molecule has 2 N–H and O–H groups in total. The first-order chi connectivity index (χ1) is 13.4. The normalized spacial score (nSPS) is 10.1. The molecule has 0 bridgehead atoms. The van der Waals surface area contributed by atoms with Gasteiger partial charge < -0.3 is 24.8 Å². The molecule has 0 aliphatic rings. The quantitative estimate of drug-likeness (QED) is 0.371. The van der Waals surface area contributed by atoms with Crippen LogP contribution in [0, 0.1) is 0 Å². The predicted octanol–water partition coefficient (Wildman–Crippen LogP) is 4.47. The number of nitrogens with one attached hydrogen (secondary N) is 2. The van der Waals surface area contributed by atoms with Gasteiger partial charge in [0.05, 0.1) is 20.8 Å². The molecule has 0 saturated heterocycles. The predicted molar refractivity (Wildman–Crippen MR) is 118 cm³/mol. The summed E-state index contributed by atoms with van der Waals surface area (Å²) in [6.45, 7) is 8.33. The summed E-state index contributed by atoms with van der Waals surface area (Å²) >= 11 is 6.70. The highest BCUT2D eigenvalue weighted by atomic mass is 32.1. The van der Waals surface area contributed by atoms with Crippen LogP contribution in [0.4, 0.5) is 5.00 Å². The molecule has 0 unspecified atom stereocenters. The van der Waals surface area contributed by atoms with Crippen molar-refractivity contribution in [2.75, 3.05) is 32.7 Å². The van der Waals surface area contributed by atoms with Crippen molar-refractivity contribution in [2.45, 2.75) is 13.8 Å². The van der Waals surface area contributed by atoms with Crippen LogP contribution in [0.15, 0.2) is 35.7 Å². The minimum Gasteiger partial charge on any atom is -0.493 e. The maximum atomic E-state index is 12.7. The highest BCUT2D eigenvalue weighted by Crippen LogP contribution is 2.39. The molecule has 150 valence electrons. The van der Waals surface area contributed by atoms with Gasteiger partial charge in [-0.25, -0.2) is 4.79 Å². The third kappa shape index (κ3) is 5.24. The molecule has 0 atom stereocenters. The van der Waals surface area contributed by atoms with Crippen LogP contribution in [0.1, 0.15) is 24.2 Å². The van der Waals surface area contributed by atoms with Gasteiger partial charge in [-0.15, -0.1) is 11.3 Å². The van der Waals surface area contributed by atoms with Gasteiger partial charge >= 0.3 is 5.97 Å². The number of thiophene rings is 1. The van der Waals surface area contributed by atoms with E-state index in [2.05, 4.69) is 17.2 Å². The summed E-state index contributed by atoms with van der Waals surface area (Å²) in [7, 11) is 3.15. The van der Waals surface area contributed by atoms with Crippen LogP contribution in [0.5, 0.6) is 11.5 Å². The Labute approximate surface area is 174 Å². The van der Waals surface area contributed by atoms with E-state index in [0.717, 1.165) is 16.7 Å². The third-order valence-corrected chi connectivity index (χ3v) is 4.88. The van der Waals surface area contributed by atoms with Crippen LogP contribution in [-0.4, -0.2) is 38.5 Å². The van der Waals surface area contributed by atoms with Crippen molar-refractivity contribution in [3.8, 4) is 22.6 Å². The number of carbonyl (C=O) groups excluding carboxylic acids is 1. The number of esters is 1. The number of methoxy groups -OCH3 is 2. The lowest BCUT2D eigenvalue weighted by molar-refractivity contribution is 0.0529. The molecule has 6 nitrogen and oxygen atoms in total. The van der Waals surface area contributed by atoms with E-state index >= 15 is 0 Å². The fraction of sp³-hybridized carbons (Fsp3) is 0.300.